The van der Waals surface area contributed by atoms with Crippen LogP contribution in [0.5, 0.6) is 0 Å². The van der Waals surface area contributed by atoms with Gasteiger partial charge in [0.2, 0.25) is 5.91 Å². The van der Waals surface area contributed by atoms with E-state index in [4.69, 9.17) is 17.3 Å². The van der Waals surface area contributed by atoms with Crippen LogP contribution in [0.2, 0.25) is 5.02 Å². The van der Waals surface area contributed by atoms with Crippen LogP contribution in [0, 0.1) is 0 Å². The summed E-state index contributed by atoms with van der Waals surface area (Å²) in [6.45, 7) is 3.18. The first-order valence-electron chi connectivity index (χ1n) is 12.5. The fourth-order valence-corrected chi connectivity index (χ4v) is 5.71. The van der Waals surface area contributed by atoms with Crippen molar-refractivity contribution in [3.63, 3.8) is 0 Å². The molecule has 214 valence electrons. The Bertz CT molecular complexity index is 1320. The largest absolute Gasteiger partial charge is 0.416 e. The van der Waals surface area contributed by atoms with E-state index in [1.54, 1.807) is 4.90 Å². The molecule has 1 fully saturated rings. The molecule has 0 radical (unpaired) electrons. The van der Waals surface area contributed by atoms with Gasteiger partial charge in [0.15, 0.2) is 9.84 Å². The van der Waals surface area contributed by atoms with Crippen LogP contribution in [-0.4, -0.2) is 49.6 Å². The number of alkyl halides is 3. The molecular weight excluding hydrogens is 557 g/mol. The number of nitrogens with one attached hydrogen (secondary N) is 2. The highest BCUT2D eigenvalue weighted by Crippen LogP contribution is 2.34. The van der Waals surface area contributed by atoms with Gasteiger partial charge in [0.25, 0.3) is 5.91 Å². The van der Waals surface area contributed by atoms with Gasteiger partial charge in [0, 0.05) is 30.2 Å². The Hall–Kier alpha value is -2.67. The molecule has 1 aliphatic heterocycles. The second kappa shape index (κ2) is 12.7. The van der Waals surface area contributed by atoms with Crippen LogP contribution in [0.15, 0.2) is 41.3 Å². The van der Waals surface area contributed by atoms with Crippen molar-refractivity contribution in [2.24, 2.45) is 5.73 Å². The van der Waals surface area contributed by atoms with Crippen LogP contribution in [0.3, 0.4) is 0 Å². The van der Waals surface area contributed by atoms with E-state index in [-0.39, 0.29) is 51.4 Å². The van der Waals surface area contributed by atoms with Gasteiger partial charge in [0.05, 0.1) is 28.4 Å². The Morgan fingerprint density at radius 3 is 2.51 bits per heavy atom. The molecule has 1 saturated heterocycles. The van der Waals surface area contributed by atoms with Crippen LogP contribution in [0.1, 0.15) is 60.2 Å². The molecule has 2 amide bonds. The van der Waals surface area contributed by atoms with E-state index in [1.165, 1.54) is 44.2 Å². The highest BCUT2D eigenvalue weighted by atomic mass is 35.5. The summed E-state index contributed by atoms with van der Waals surface area (Å²) in [6, 6.07) is 6.73. The van der Waals surface area contributed by atoms with Crippen molar-refractivity contribution in [3.8, 4) is 0 Å². The van der Waals surface area contributed by atoms with Gasteiger partial charge in [-0.25, -0.2) is 8.42 Å². The van der Waals surface area contributed by atoms with Gasteiger partial charge in [-0.05, 0) is 67.6 Å². The van der Waals surface area contributed by atoms with E-state index in [9.17, 15) is 31.2 Å². The number of likely N-dealkylation sites (tertiary alicyclic amines) is 1. The lowest BCUT2D eigenvalue weighted by Crippen LogP contribution is -2.53. The third-order valence-corrected chi connectivity index (χ3v) is 8.63. The standard InChI is InChI=1S/C26H32ClF3N4O4S/c1-3-39(37,38)22-10-9-20(27)12-19(22)14-32-25(36)17-7-8-18(21(13-17)26(28,29)30)15-34-11-5-4-6-23(34)33-24(35)16(2)31/h7-10,12-13,16,23H,3-6,11,14-15,31H2,1-2H3,(H,32,36)(H,33,35)/t16-,23+/m0/s1. The fraction of sp³-hybridized carbons (Fsp3) is 0.462. The SMILES string of the molecule is CCS(=O)(=O)c1ccc(Cl)cc1CNC(=O)c1ccc(CN2CCCC[C@@H]2NC(=O)[C@H](C)N)c(C(F)(F)F)c1. The van der Waals surface area contributed by atoms with Gasteiger partial charge in [-0.15, -0.1) is 0 Å². The first-order chi connectivity index (χ1) is 18.2. The number of benzene rings is 2. The quantitative estimate of drug-likeness (QED) is 0.409. The van der Waals surface area contributed by atoms with Crippen molar-refractivity contribution in [1.29, 1.82) is 0 Å². The molecule has 2 atom stereocenters. The number of piperidine rings is 1. The molecule has 2 aromatic rings. The molecule has 0 aliphatic carbocycles. The van der Waals surface area contributed by atoms with Crippen LogP contribution in [0.4, 0.5) is 13.2 Å². The van der Waals surface area contributed by atoms with Gasteiger partial charge in [-0.1, -0.05) is 24.6 Å². The summed E-state index contributed by atoms with van der Waals surface area (Å²) in [5.74, 6) is -1.35. The Morgan fingerprint density at radius 2 is 1.87 bits per heavy atom. The number of nitrogens with zero attached hydrogens (tertiary/aromatic N) is 1. The number of sulfone groups is 1. The number of rotatable bonds is 9. The third kappa shape index (κ3) is 7.93. The average molecular weight is 589 g/mol. The predicted molar refractivity (Wildman–Crippen MR) is 142 cm³/mol. The summed E-state index contributed by atoms with van der Waals surface area (Å²) in [5, 5.41) is 5.55. The van der Waals surface area contributed by atoms with Crippen molar-refractivity contribution in [2.75, 3.05) is 12.3 Å². The minimum absolute atomic E-state index is 0.00626. The molecular formula is C26H32ClF3N4O4S. The maximum Gasteiger partial charge on any atom is 0.416 e. The van der Waals surface area contributed by atoms with Gasteiger partial charge in [-0.2, -0.15) is 13.2 Å². The highest BCUT2D eigenvalue weighted by Gasteiger charge is 2.35. The molecule has 3 rings (SSSR count). The number of carbonyl (C=O) groups is 2. The summed E-state index contributed by atoms with van der Waals surface area (Å²) in [6.07, 6.45) is -3.01. The van der Waals surface area contributed by atoms with Gasteiger partial charge >= 0.3 is 6.18 Å². The van der Waals surface area contributed by atoms with E-state index in [2.05, 4.69) is 10.6 Å². The molecule has 0 saturated carbocycles. The van der Waals surface area contributed by atoms with Crippen LogP contribution in [0.25, 0.3) is 0 Å². The molecule has 2 aromatic carbocycles. The maximum absolute atomic E-state index is 14.1. The van der Waals surface area contributed by atoms with Crippen molar-refractivity contribution >= 4 is 33.3 Å². The van der Waals surface area contributed by atoms with E-state index < -0.39 is 39.7 Å². The summed E-state index contributed by atoms with van der Waals surface area (Å²) in [7, 11) is -3.62. The molecule has 8 nitrogen and oxygen atoms in total. The zero-order valence-corrected chi connectivity index (χ0v) is 23.2. The van der Waals surface area contributed by atoms with Crippen LogP contribution < -0.4 is 16.4 Å². The molecule has 0 bridgehead atoms. The van der Waals surface area contributed by atoms with E-state index in [1.807, 2.05) is 0 Å². The highest BCUT2D eigenvalue weighted by molar-refractivity contribution is 7.91. The summed E-state index contributed by atoms with van der Waals surface area (Å²) >= 11 is 6.00. The molecule has 1 aliphatic rings. The summed E-state index contributed by atoms with van der Waals surface area (Å²) in [5.41, 5.74) is 4.63. The monoisotopic (exact) mass is 588 g/mol. The van der Waals surface area contributed by atoms with Crippen molar-refractivity contribution in [2.45, 2.75) is 69.5 Å². The second-order valence-electron chi connectivity index (χ2n) is 9.49. The van der Waals surface area contributed by atoms with Crippen molar-refractivity contribution in [1.82, 2.24) is 15.5 Å². The van der Waals surface area contributed by atoms with E-state index in [0.717, 1.165) is 18.9 Å². The lowest BCUT2D eigenvalue weighted by Gasteiger charge is -2.37. The number of nitrogens with two attached hydrogens (primary N) is 1. The molecule has 13 heteroatoms. The van der Waals surface area contributed by atoms with E-state index in [0.29, 0.717) is 13.0 Å². The molecule has 0 spiro atoms. The van der Waals surface area contributed by atoms with Gasteiger partial charge in [-0.3, -0.25) is 14.5 Å². The summed E-state index contributed by atoms with van der Waals surface area (Å²) < 4.78 is 67.0. The Balaban J connectivity index is 1.83. The smallest absolute Gasteiger partial charge is 0.348 e. The number of hydrogen-bond acceptors (Lipinski definition) is 6. The Labute approximate surface area is 231 Å². The predicted octanol–water partition coefficient (Wildman–Crippen LogP) is 3.86. The first-order valence-corrected chi connectivity index (χ1v) is 14.6. The number of carbonyl (C=O) groups excluding carboxylic acids is 2. The lowest BCUT2D eigenvalue weighted by molar-refractivity contribution is -0.138. The van der Waals surface area contributed by atoms with Crippen LogP contribution in [-0.2, 0) is 33.9 Å². The van der Waals surface area contributed by atoms with Crippen molar-refractivity contribution in [3.05, 3.63) is 63.7 Å². The normalized spacial score (nSPS) is 17.5. The molecule has 0 aromatic heterocycles. The minimum Gasteiger partial charge on any atom is -0.348 e. The molecule has 1 heterocycles. The zero-order valence-electron chi connectivity index (χ0n) is 21.6. The Kier molecular flexibility index (Phi) is 10.0. The lowest BCUT2D eigenvalue weighted by atomic mass is 10.00. The van der Waals surface area contributed by atoms with E-state index >= 15 is 0 Å². The topological polar surface area (TPSA) is 122 Å². The minimum atomic E-state index is -4.73. The first kappa shape index (κ1) is 30.9. The molecule has 4 N–H and O–H groups in total. The number of halogens is 4. The van der Waals surface area contributed by atoms with Crippen molar-refractivity contribution < 1.29 is 31.2 Å². The Morgan fingerprint density at radius 1 is 1.15 bits per heavy atom. The number of hydrogen-bond donors (Lipinski definition) is 3. The fourth-order valence-electron chi connectivity index (χ4n) is 4.40. The third-order valence-electron chi connectivity index (χ3n) is 6.56. The molecule has 39 heavy (non-hydrogen) atoms. The average Bonchev–Trinajstić information content (AvgIpc) is 2.87. The van der Waals surface area contributed by atoms with Gasteiger partial charge in [0.1, 0.15) is 0 Å². The summed E-state index contributed by atoms with van der Waals surface area (Å²) in [4.78, 5) is 26.7. The van der Waals surface area contributed by atoms with Crippen LogP contribution >= 0.6 is 11.6 Å². The maximum atomic E-state index is 14.1. The second-order valence-corrected chi connectivity index (χ2v) is 12.2. The van der Waals surface area contributed by atoms with Gasteiger partial charge < -0.3 is 16.4 Å². The number of amides is 2. The zero-order chi connectivity index (χ0) is 29.0. The molecule has 0 unspecified atom stereocenters.